The zero-order valence-electron chi connectivity index (χ0n) is 17.2. The number of esters is 1. The van der Waals surface area contributed by atoms with E-state index in [1.165, 1.54) is 6.21 Å². The van der Waals surface area contributed by atoms with Crippen LogP contribution < -0.4 is 15.5 Å². The van der Waals surface area contributed by atoms with Gasteiger partial charge in [-0.15, -0.1) is 0 Å². The van der Waals surface area contributed by atoms with Crippen molar-refractivity contribution in [3.05, 3.63) is 100 Å². The average molecular weight is 450 g/mol. The first-order chi connectivity index (χ1) is 15.4. The first-order valence-electron chi connectivity index (χ1n) is 9.66. The van der Waals surface area contributed by atoms with Crippen LogP contribution in [0.25, 0.3) is 0 Å². The van der Waals surface area contributed by atoms with Gasteiger partial charge in [-0.1, -0.05) is 41.4 Å². The van der Waals surface area contributed by atoms with E-state index in [0.717, 1.165) is 5.56 Å². The van der Waals surface area contributed by atoms with Gasteiger partial charge in [0.1, 0.15) is 5.75 Å². The summed E-state index contributed by atoms with van der Waals surface area (Å²) in [5.74, 6) is -1.01. The highest BCUT2D eigenvalue weighted by Gasteiger charge is 2.11. The van der Waals surface area contributed by atoms with Crippen LogP contribution in [0.15, 0.2) is 77.9 Å². The molecule has 0 fully saturated rings. The third kappa shape index (κ3) is 6.52. The van der Waals surface area contributed by atoms with Crippen LogP contribution in [0, 0.1) is 6.92 Å². The number of halogens is 1. The molecule has 2 amide bonds. The summed E-state index contributed by atoms with van der Waals surface area (Å²) >= 11 is 5.95. The van der Waals surface area contributed by atoms with Crippen LogP contribution in [-0.4, -0.2) is 30.5 Å². The summed E-state index contributed by atoms with van der Waals surface area (Å²) < 4.78 is 5.33. The number of aryl methyl sites for hydroxylation is 1. The Bertz CT molecular complexity index is 1140. The number of ether oxygens (including phenoxy) is 1. The molecule has 0 heterocycles. The number of benzene rings is 3. The maximum Gasteiger partial charge on any atom is 0.343 e. The van der Waals surface area contributed by atoms with Crippen molar-refractivity contribution < 1.29 is 19.1 Å². The lowest BCUT2D eigenvalue weighted by Crippen LogP contribution is -2.35. The molecule has 32 heavy (non-hydrogen) atoms. The van der Waals surface area contributed by atoms with Crippen LogP contribution in [0.1, 0.15) is 31.8 Å². The first-order valence-corrected chi connectivity index (χ1v) is 10.0. The topological polar surface area (TPSA) is 96.9 Å². The van der Waals surface area contributed by atoms with Gasteiger partial charge in [-0.25, -0.2) is 10.2 Å². The zero-order valence-corrected chi connectivity index (χ0v) is 17.9. The van der Waals surface area contributed by atoms with Crippen LogP contribution in [0.2, 0.25) is 5.02 Å². The number of hydrogen-bond donors (Lipinski definition) is 2. The van der Waals surface area contributed by atoms with Crippen LogP contribution in [-0.2, 0) is 4.79 Å². The van der Waals surface area contributed by atoms with Crippen molar-refractivity contribution in [2.75, 3.05) is 6.54 Å². The van der Waals surface area contributed by atoms with Crippen molar-refractivity contribution in [1.29, 1.82) is 0 Å². The lowest BCUT2D eigenvalue weighted by Gasteiger charge is -2.06. The van der Waals surface area contributed by atoms with Crippen molar-refractivity contribution in [1.82, 2.24) is 10.7 Å². The number of hydrogen-bond acceptors (Lipinski definition) is 5. The number of nitrogens with one attached hydrogen (secondary N) is 2. The van der Waals surface area contributed by atoms with Gasteiger partial charge in [0.15, 0.2) is 0 Å². The van der Waals surface area contributed by atoms with Gasteiger partial charge in [-0.3, -0.25) is 9.59 Å². The zero-order chi connectivity index (χ0) is 22.9. The van der Waals surface area contributed by atoms with E-state index < -0.39 is 17.8 Å². The highest BCUT2D eigenvalue weighted by atomic mass is 35.5. The predicted molar refractivity (Wildman–Crippen MR) is 122 cm³/mol. The van der Waals surface area contributed by atoms with Crippen molar-refractivity contribution in [3.63, 3.8) is 0 Å². The van der Waals surface area contributed by atoms with Crippen LogP contribution in [0.3, 0.4) is 0 Å². The smallest absolute Gasteiger partial charge is 0.343 e. The number of amides is 2. The van der Waals surface area contributed by atoms with Gasteiger partial charge in [-0.05, 0) is 61.0 Å². The SMILES string of the molecule is Cc1ccc(C(=O)Oc2ccc(/C=N\NC(=O)CNC(=O)c3ccccc3Cl)cc2)cc1. The Morgan fingerprint density at radius 3 is 2.34 bits per heavy atom. The van der Waals surface area contributed by atoms with Gasteiger partial charge in [0.25, 0.3) is 11.8 Å². The second-order valence-corrected chi connectivity index (χ2v) is 7.19. The summed E-state index contributed by atoms with van der Waals surface area (Å²) in [4.78, 5) is 36.0. The average Bonchev–Trinajstić information content (AvgIpc) is 2.79. The molecule has 0 bridgehead atoms. The van der Waals surface area contributed by atoms with Crippen LogP contribution >= 0.6 is 11.6 Å². The third-order valence-corrected chi connectivity index (χ3v) is 4.64. The Morgan fingerprint density at radius 1 is 0.969 bits per heavy atom. The minimum Gasteiger partial charge on any atom is -0.423 e. The van der Waals surface area contributed by atoms with Gasteiger partial charge in [0.2, 0.25) is 0 Å². The highest BCUT2D eigenvalue weighted by molar-refractivity contribution is 6.33. The summed E-state index contributed by atoms with van der Waals surface area (Å²) in [5, 5.41) is 6.62. The van der Waals surface area contributed by atoms with Gasteiger partial charge in [0.05, 0.1) is 28.9 Å². The monoisotopic (exact) mass is 449 g/mol. The quantitative estimate of drug-likeness (QED) is 0.248. The summed E-state index contributed by atoms with van der Waals surface area (Å²) in [7, 11) is 0. The number of carbonyl (C=O) groups excluding carboxylic acids is 3. The normalized spacial score (nSPS) is 10.6. The molecule has 3 aromatic rings. The Labute approximate surface area is 190 Å². The molecule has 0 spiro atoms. The Morgan fingerprint density at radius 2 is 1.66 bits per heavy atom. The Hall–Kier alpha value is -3.97. The molecule has 0 unspecified atom stereocenters. The molecule has 0 saturated heterocycles. The van der Waals surface area contributed by atoms with Crippen molar-refractivity contribution in [2.45, 2.75) is 6.92 Å². The maximum atomic E-state index is 12.1. The summed E-state index contributed by atoms with van der Waals surface area (Å²) in [6.07, 6.45) is 1.43. The molecule has 0 atom stereocenters. The van der Waals surface area contributed by atoms with E-state index in [1.807, 2.05) is 19.1 Å². The minimum absolute atomic E-state index is 0.255. The maximum absolute atomic E-state index is 12.1. The number of carbonyl (C=O) groups is 3. The molecule has 7 nitrogen and oxygen atoms in total. The van der Waals surface area contributed by atoms with E-state index in [1.54, 1.807) is 60.7 Å². The fourth-order valence-electron chi connectivity index (χ4n) is 2.60. The number of hydrazone groups is 1. The lowest BCUT2D eigenvalue weighted by molar-refractivity contribution is -0.120. The van der Waals surface area contributed by atoms with Crippen molar-refractivity contribution >= 4 is 35.6 Å². The lowest BCUT2D eigenvalue weighted by atomic mass is 10.1. The second-order valence-electron chi connectivity index (χ2n) is 6.78. The summed E-state index contributed by atoms with van der Waals surface area (Å²) in [6.45, 7) is 1.68. The molecule has 0 aliphatic carbocycles. The predicted octanol–water partition coefficient (Wildman–Crippen LogP) is 3.75. The molecule has 3 aromatic carbocycles. The highest BCUT2D eigenvalue weighted by Crippen LogP contribution is 2.15. The third-order valence-electron chi connectivity index (χ3n) is 4.31. The largest absolute Gasteiger partial charge is 0.423 e. The second kappa shape index (κ2) is 10.9. The molecular weight excluding hydrogens is 430 g/mol. The van der Waals surface area contributed by atoms with Gasteiger partial charge < -0.3 is 10.1 Å². The van der Waals surface area contributed by atoms with E-state index in [-0.39, 0.29) is 12.1 Å². The summed E-state index contributed by atoms with van der Waals surface area (Å²) in [6, 6.07) is 20.3. The molecule has 0 aliphatic rings. The van der Waals surface area contributed by atoms with Crippen LogP contribution in [0.4, 0.5) is 0 Å². The van der Waals surface area contributed by atoms with Crippen LogP contribution in [0.5, 0.6) is 5.75 Å². The molecular formula is C24H20ClN3O4. The molecule has 2 N–H and O–H groups in total. The molecule has 8 heteroatoms. The van der Waals surface area contributed by atoms with E-state index in [4.69, 9.17) is 16.3 Å². The molecule has 162 valence electrons. The number of nitrogens with zero attached hydrogens (tertiary/aromatic N) is 1. The molecule has 0 aliphatic heterocycles. The molecule has 0 radical (unpaired) electrons. The van der Waals surface area contributed by atoms with Crippen molar-refractivity contribution in [3.8, 4) is 5.75 Å². The summed E-state index contributed by atoms with van der Waals surface area (Å²) in [5.41, 5.74) is 4.81. The Balaban J connectivity index is 1.45. The van der Waals surface area contributed by atoms with Gasteiger partial charge >= 0.3 is 5.97 Å². The first kappa shape index (κ1) is 22.7. The van der Waals surface area contributed by atoms with Gasteiger partial charge in [-0.2, -0.15) is 5.10 Å². The van der Waals surface area contributed by atoms with Gasteiger partial charge in [0, 0.05) is 0 Å². The molecule has 0 aromatic heterocycles. The van der Waals surface area contributed by atoms with E-state index in [2.05, 4.69) is 15.8 Å². The van der Waals surface area contributed by atoms with E-state index >= 15 is 0 Å². The minimum atomic E-state index is -0.495. The van der Waals surface area contributed by atoms with E-state index in [9.17, 15) is 14.4 Å². The standard InChI is InChI=1S/C24H20ClN3O4/c1-16-6-10-18(11-7-16)24(31)32-19-12-8-17(9-13-19)14-27-28-22(29)15-26-23(30)20-4-2-3-5-21(20)25/h2-14H,15H2,1H3,(H,26,30)(H,28,29)/b27-14-. The molecule has 0 saturated carbocycles. The fraction of sp³-hybridized carbons (Fsp3) is 0.0833. The van der Waals surface area contributed by atoms with Crippen molar-refractivity contribution in [2.24, 2.45) is 5.10 Å². The molecule has 3 rings (SSSR count). The number of rotatable bonds is 7. The van der Waals surface area contributed by atoms with E-state index in [0.29, 0.717) is 21.9 Å². The fourth-order valence-corrected chi connectivity index (χ4v) is 2.82. The Kier molecular flexibility index (Phi) is 7.72.